The van der Waals surface area contributed by atoms with Gasteiger partial charge >= 0.3 is 6.09 Å². The maximum absolute atomic E-state index is 13.0. The highest BCUT2D eigenvalue weighted by molar-refractivity contribution is 5.89. The van der Waals surface area contributed by atoms with Crippen molar-refractivity contribution in [3.8, 4) is 0 Å². The number of ether oxygens (including phenoxy) is 1. The molecule has 5 nitrogen and oxygen atoms in total. The highest BCUT2D eigenvalue weighted by atomic mass is 16.6. The third-order valence-corrected chi connectivity index (χ3v) is 5.00. The average molecular weight is 380 g/mol. The summed E-state index contributed by atoms with van der Waals surface area (Å²) in [5.41, 5.74) is 1.64. The topological polar surface area (TPSA) is 49.9 Å². The Kier molecular flexibility index (Phi) is 5.73. The number of amides is 2. The fraction of sp³-hybridized carbons (Fsp3) is 0.391. The van der Waals surface area contributed by atoms with Crippen LogP contribution < -0.4 is 0 Å². The Morgan fingerprint density at radius 2 is 1.50 bits per heavy atom. The fourth-order valence-electron chi connectivity index (χ4n) is 3.72. The van der Waals surface area contributed by atoms with E-state index in [-0.39, 0.29) is 24.1 Å². The van der Waals surface area contributed by atoms with E-state index in [4.69, 9.17) is 4.74 Å². The molecule has 1 aliphatic heterocycles. The standard InChI is InChI=1S/C23H28N2O3/c1-17-20(26)24(15-18-11-7-5-8-12-18)21(23(2,3)4)25(17)22(27)28-16-19-13-9-6-10-14-19/h5-14,17,21H,15-16H2,1-4H3. The van der Waals surface area contributed by atoms with Crippen molar-refractivity contribution in [1.82, 2.24) is 9.80 Å². The molecule has 1 saturated heterocycles. The Hall–Kier alpha value is -2.82. The Labute approximate surface area is 166 Å². The predicted molar refractivity (Wildman–Crippen MR) is 108 cm³/mol. The van der Waals surface area contributed by atoms with Crippen molar-refractivity contribution in [3.05, 3.63) is 71.8 Å². The monoisotopic (exact) mass is 380 g/mol. The molecule has 0 bridgehead atoms. The summed E-state index contributed by atoms with van der Waals surface area (Å²) >= 11 is 0. The first-order chi connectivity index (χ1) is 13.3. The molecule has 2 amide bonds. The number of nitrogens with zero attached hydrogens (tertiary/aromatic N) is 2. The van der Waals surface area contributed by atoms with Gasteiger partial charge in [0.1, 0.15) is 18.8 Å². The molecule has 3 rings (SSSR count). The lowest BCUT2D eigenvalue weighted by Gasteiger charge is -2.39. The molecule has 28 heavy (non-hydrogen) atoms. The number of hydrogen-bond donors (Lipinski definition) is 0. The van der Waals surface area contributed by atoms with E-state index in [9.17, 15) is 9.59 Å². The van der Waals surface area contributed by atoms with E-state index in [0.717, 1.165) is 11.1 Å². The van der Waals surface area contributed by atoms with Gasteiger partial charge in [-0.15, -0.1) is 0 Å². The largest absolute Gasteiger partial charge is 0.444 e. The van der Waals surface area contributed by atoms with Crippen molar-refractivity contribution in [1.29, 1.82) is 0 Å². The lowest BCUT2D eigenvalue weighted by molar-refractivity contribution is -0.131. The molecule has 2 unspecified atom stereocenters. The van der Waals surface area contributed by atoms with Crippen LogP contribution in [-0.4, -0.2) is 34.0 Å². The van der Waals surface area contributed by atoms with Gasteiger partial charge in [0.15, 0.2) is 0 Å². The molecule has 0 spiro atoms. The quantitative estimate of drug-likeness (QED) is 0.788. The second-order valence-corrected chi connectivity index (χ2v) is 8.31. The lowest BCUT2D eigenvalue weighted by atomic mass is 9.91. The van der Waals surface area contributed by atoms with E-state index < -0.39 is 12.1 Å². The molecule has 1 fully saturated rings. The van der Waals surface area contributed by atoms with Crippen LogP contribution in [-0.2, 0) is 22.7 Å². The summed E-state index contributed by atoms with van der Waals surface area (Å²) in [5.74, 6) is -0.0551. The minimum atomic E-state index is -0.559. The third-order valence-electron chi connectivity index (χ3n) is 5.00. The summed E-state index contributed by atoms with van der Waals surface area (Å²) in [6.07, 6.45) is -0.835. The highest BCUT2D eigenvalue weighted by Gasteiger charge is 2.51. The second-order valence-electron chi connectivity index (χ2n) is 8.31. The van der Waals surface area contributed by atoms with Gasteiger partial charge in [-0.05, 0) is 18.1 Å². The zero-order valence-electron chi connectivity index (χ0n) is 17.0. The first-order valence-corrected chi connectivity index (χ1v) is 9.62. The van der Waals surface area contributed by atoms with Crippen molar-refractivity contribution < 1.29 is 14.3 Å². The molecule has 0 radical (unpaired) electrons. The maximum atomic E-state index is 13.0. The summed E-state index contributed by atoms with van der Waals surface area (Å²) in [4.78, 5) is 29.4. The molecule has 0 aromatic heterocycles. The van der Waals surface area contributed by atoms with Gasteiger partial charge in [-0.3, -0.25) is 9.69 Å². The Bertz CT molecular complexity index is 815. The van der Waals surface area contributed by atoms with Crippen LogP contribution in [0.15, 0.2) is 60.7 Å². The smallest absolute Gasteiger partial charge is 0.412 e. The number of hydrogen-bond acceptors (Lipinski definition) is 3. The van der Waals surface area contributed by atoms with Crippen LogP contribution in [0.1, 0.15) is 38.8 Å². The van der Waals surface area contributed by atoms with E-state index >= 15 is 0 Å². The van der Waals surface area contributed by atoms with Crippen molar-refractivity contribution in [2.24, 2.45) is 5.41 Å². The van der Waals surface area contributed by atoms with Gasteiger partial charge in [0.05, 0.1) is 0 Å². The summed E-state index contributed by atoms with van der Waals surface area (Å²) in [6.45, 7) is 8.55. The van der Waals surface area contributed by atoms with Gasteiger partial charge in [0.2, 0.25) is 5.91 Å². The molecule has 2 atom stereocenters. The van der Waals surface area contributed by atoms with Gasteiger partial charge in [-0.2, -0.15) is 0 Å². The highest BCUT2D eigenvalue weighted by Crippen LogP contribution is 2.36. The van der Waals surface area contributed by atoms with Gasteiger partial charge in [-0.25, -0.2) is 4.79 Å². The van der Waals surface area contributed by atoms with Gasteiger partial charge in [0, 0.05) is 12.0 Å². The van der Waals surface area contributed by atoms with Crippen molar-refractivity contribution in [2.75, 3.05) is 0 Å². The third kappa shape index (κ3) is 4.19. The van der Waals surface area contributed by atoms with Crippen LogP contribution in [0, 0.1) is 5.41 Å². The molecule has 148 valence electrons. The number of rotatable bonds is 4. The molecule has 0 aliphatic carbocycles. The molecule has 0 saturated carbocycles. The molecular weight excluding hydrogens is 352 g/mol. The summed E-state index contributed by atoms with van der Waals surface area (Å²) < 4.78 is 5.56. The van der Waals surface area contributed by atoms with Crippen LogP contribution in [0.2, 0.25) is 0 Å². The van der Waals surface area contributed by atoms with Crippen LogP contribution in [0.4, 0.5) is 4.79 Å². The molecule has 1 heterocycles. The first-order valence-electron chi connectivity index (χ1n) is 9.62. The van der Waals surface area contributed by atoms with Crippen LogP contribution in [0.25, 0.3) is 0 Å². The Morgan fingerprint density at radius 3 is 2.04 bits per heavy atom. The summed E-state index contributed by atoms with van der Waals surface area (Å²) in [5, 5.41) is 0. The van der Waals surface area contributed by atoms with Crippen LogP contribution >= 0.6 is 0 Å². The SMILES string of the molecule is CC1C(=O)N(Cc2ccccc2)C(C(C)(C)C)N1C(=O)OCc1ccccc1. The van der Waals surface area contributed by atoms with Crippen LogP contribution in [0.5, 0.6) is 0 Å². The second kappa shape index (κ2) is 8.05. The summed E-state index contributed by atoms with van der Waals surface area (Å²) in [7, 11) is 0. The van der Waals surface area contributed by atoms with E-state index in [1.54, 1.807) is 16.7 Å². The molecular formula is C23H28N2O3. The minimum Gasteiger partial charge on any atom is -0.444 e. The zero-order chi connectivity index (χ0) is 20.3. The number of benzene rings is 2. The normalized spacial score (nSPS) is 19.8. The predicted octanol–water partition coefficient (Wildman–Crippen LogP) is 4.43. The van der Waals surface area contributed by atoms with Crippen molar-refractivity contribution >= 4 is 12.0 Å². The zero-order valence-corrected chi connectivity index (χ0v) is 17.0. The van der Waals surface area contributed by atoms with E-state index in [1.807, 2.05) is 81.4 Å². The maximum Gasteiger partial charge on any atom is 0.412 e. The molecule has 2 aromatic carbocycles. The first kappa shape index (κ1) is 19.9. The molecule has 0 N–H and O–H groups in total. The lowest BCUT2D eigenvalue weighted by Crippen LogP contribution is -2.51. The molecule has 2 aromatic rings. The Balaban J connectivity index is 1.82. The molecule has 5 heteroatoms. The minimum absolute atomic E-state index is 0.0551. The number of carbonyl (C=O) groups excluding carboxylic acids is 2. The summed E-state index contributed by atoms with van der Waals surface area (Å²) in [6, 6.07) is 18.8. The fourth-order valence-corrected chi connectivity index (χ4v) is 3.72. The number of carbonyl (C=O) groups is 2. The van der Waals surface area contributed by atoms with E-state index in [1.165, 1.54) is 0 Å². The van der Waals surface area contributed by atoms with Gasteiger partial charge in [0.25, 0.3) is 0 Å². The van der Waals surface area contributed by atoms with E-state index in [0.29, 0.717) is 6.54 Å². The Morgan fingerprint density at radius 1 is 0.964 bits per heavy atom. The van der Waals surface area contributed by atoms with Crippen LogP contribution in [0.3, 0.4) is 0 Å². The van der Waals surface area contributed by atoms with Crippen molar-refractivity contribution in [2.45, 2.75) is 53.1 Å². The molecule has 1 aliphatic rings. The van der Waals surface area contributed by atoms with Gasteiger partial charge in [-0.1, -0.05) is 81.4 Å². The van der Waals surface area contributed by atoms with Gasteiger partial charge < -0.3 is 9.64 Å². The average Bonchev–Trinajstić information content (AvgIpc) is 2.93. The van der Waals surface area contributed by atoms with E-state index in [2.05, 4.69) is 0 Å². The van der Waals surface area contributed by atoms with Crippen molar-refractivity contribution in [3.63, 3.8) is 0 Å².